The highest BCUT2D eigenvalue weighted by Gasteiger charge is 2.12. The van der Waals surface area contributed by atoms with Crippen molar-refractivity contribution in [2.45, 2.75) is 4.83 Å². The molecule has 0 aliphatic rings. The molecule has 0 radical (unpaired) electrons. The topological polar surface area (TPSA) is 43.1 Å². The van der Waals surface area contributed by atoms with Crippen LogP contribution in [0.25, 0.3) is 0 Å². The Hall–Kier alpha value is -0.900. The van der Waals surface area contributed by atoms with Crippen LogP contribution in [0.15, 0.2) is 24.3 Å². The summed E-state index contributed by atoms with van der Waals surface area (Å²) < 4.78 is 12.4. The van der Waals surface area contributed by atoms with Gasteiger partial charge in [0.1, 0.15) is 10.6 Å². The van der Waals surface area contributed by atoms with E-state index in [4.69, 9.17) is 5.73 Å². The van der Waals surface area contributed by atoms with E-state index in [1.54, 1.807) is 0 Å². The van der Waals surface area contributed by atoms with Crippen molar-refractivity contribution in [2.24, 2.45) is 5.73 Å². The molecule has 0 aromatic heterocycles. The standard InChI is InChI=1S/C8H7BrFNO/c9-7(8(11)12)5-1-3-6(10)4-2-5/h1-4,7H,(H2,11,12)/t7-/m0/s1. The number of benzene rings is 1. The molecule has 64 valence electrons. The summed E-state index contributed by atoms with van der Waals surface area (Å²) >= 11 is 3.08. The summed E-state index contributed by atoms with van der Waals surface area (Å²) in [4.78, 5) is 10.1. The van der Waals surface area contributed by atoms with E-state index in [9.17, 15) is 9.18 Å². The Labute approximate surface area is 77.7 Å². The summed E-state index contributed by atoms with van der Waals surface area (Å²) in [5, 5.41) is 0. The maximum atomic E-state index is 12.4. The Morgan fingerprint density at radius 1 is 1.42 bits per heavy atom. The summed E-state index contributed by atoms with van der Waals surface area (Å²) in [6.45, 7) is 0. The molecular weight excluding hydrogens is 225 g/mol. The zero-order chi connectivity index (χ0) is 9.14. The Morgan fingerprint density at radius 3 is 2.33 bits per heavy atom. The van der Waals surface area contributed by atoms with Crippen molar-refractivity contribution < 1.29 is 9.18 Å². The molecule has 2 N–H and O–H groups in total. The second-order valence-corrected chi connectivity index (χ2v) is 3.23. The van der Waals surface area contributed by atoms with Crippen molar-refractivity contribution in [1.29, 1.82) is 0 Å². The molecule has 4 heteroatoms. The third-order valence-corrected chi connectivity index (χ3v) is 2.39. The number of nitrogens with two attached hydrogens (primary N) is 1. The molecule has 2 nitrogen and oxygen atoms in total. The minimum atomic E-state index is -0.543. The van der Waals surface area contributed by atoms with Crippen molar-refractivity contribution >= 4 is 21.8 Å². The van der Waals surface area contributed by atoms with Crippen LogP contribution in [-0.4, -0.2) is 5.91 Å². The number of primary amides is 1. The number of carbonyl (C=O) groups excluding carboxylic acids is 1. The van der Waals surface area contributed by atoms with Gasteiger partial charge in [-0.1, -0.05) is 28.1 Å². The normalized spacial score (nSPS) is 12.5. The second-order valence-electron chi connectivity index (χ2n) is 2.32. The van der Waals surface area contributed by atoms with Gasteiger partial charge in [-0.3, -0.25) is 4.79 Å². The molecule has 1 amide bonds. The Morgan fingerprint density at radius 2 is 1.92 bits per heavy atom. The highest BCUT2D eigenvalue weighted by atomic mass is 79.9. The number of hydrogen-bond donors (Lipinski definition) is 1. The average Bonchev–Trinajstić information content (AvgIpc) is 2.04. The maximum Gasteiger partial charge on any atom is 0.235 e. The summed E-state index contributed by atoms with van der Waals surface area (Å²) in [7, 11) is 0. The van der Waals surface area contributed by atoms with E-state index < -0.39 is 10.7 Å². The summed E-state index contributed by atoms with van der Waals surface area (Å²) in [6.07, 6.45) is 0. The number of alkyl halides is 1. The van der Waals surface area contributed by atoms with Crippen LogP contribution in [0.2, 0.25) is 0 Å². The van der Waals surface area contributed by atoms with Crippen LogP contribution in [-0.2, 0) is 4.79 Å². The summed E-state index contributed by atoms with van der Waals surface area (Å²) in [6, 6.07) is 5.60. The van der Waals surface area contributed by atoms with Gasteiger partial charge in [-0.05, 0) is 17.7 Å². The van der Waals surface area contributed by atoms with Gasteiger partial charge in [-0.2, -0.15) is 0 Å². The lowest BCUT2D eigenvalue weighted by Crippen LogP contribution is -2.16. The van der Waals surface area contributed by atoms with E-state index in [0.717, 1.165) is 0 Å². The van der Waals surface area contributed by atoms with Crippen molar-refractivity contribution in [3.8, 4) is 0 Å². The van der Waals surface area contributed by atoms with Gasteiger partial charge >= 0.3 is 0 Å². The third-order valence-electron chi connectivity index (χ3n) is 1.41. The molecular formula is C8H7BrFNO. The zero-order valence-electron chi connectivity index (χ0n) is 6.13. The van der Waals surface area contributed by atoms with E-state index in [2.05, 4.69) is 15.9 Å². The fourth-order valence-corrected chi connectivity index (χ4v) is 1.10. The van der Waals surface area contributed by atoms with Gasteiger partial charge in [0, 0.05) is 0 Å². The Balaban J connectivity index is 2.89. The molecule has 0 aliphatic heterocycles. The zero-order valence-corrected chi connectivity index (χ0v) is 7.71. The summed E-state index contributed by atoms with van der Waals surface area (Å²) in [5.74, 6) is -0.815. The van der Waals surface area contributed by atoms with E-state index in [1.807, 2.05) is 0 Å². The van der Waals surface area contributed by atoms with Gasteiger partial charge in [-0.25, -0.2) is 4.39 Å². The van der Waals surface area contributed by atoms with Gasteiger partial charge in [0.25, 0.3) is 0 Å². The molecule has 0 bridgehead atoms. The molecule has 0 fully saturated rings. The average molecular weight is 232 g/mol. The van der Waals surface area contributed by atoms with Crippen LogP contribution in [0.5, 0.6) is 0 Å². The van der Waals surface area contributed by atoms with Crippen LogP contribution in [0.4, 0.5) is 4.39 Å². The molecule has 0 aliphatic carbocycles. The van der Waals surface area contributed by atoms with Gasteiger partial charge < -0.3 is 5.73 Å². The van der Waals surface area contributed by atoms with E-state index >= 15 is 0 Å². The molecule has 1 rings (SSSR count). The molecule has 0 heterocycles. The molecule has 0 unspecified atom stereocenters. The maximum absolute atomic E-state index is 12.4. The molecule has 0 spiro atoms. The van der Waals surface area contributed by atoms with Crippen molar-refractivity contribution in [3.63, 3.8) is 0 Å². The monoisotopic (exact) mass is 231 g/mol. The van der Waals surface area contributed by atoms with Crippen LogP contribution in [0.3, 0.4) is 0 Å². The van der Waals surface area contributed by atoms with Crippen molar-refractivity contribution in [3.05, 3.63) is 35.6 Å². The quantitative estimate of drug-likeness (QED) is 0.775. The van der Waals surface area contributed by atoms with Gasteiger partial charge in [0.05, 0.1) is 0 Å². The van der Waals surface area contributed by atoms with E-state index in [0.29, 0.717) is 5.56 Å². The molecule has 1 aromatic carbocycles. The number of amides is 1. The molecule has 1 atom stereocenters. The number of rotatable bonds is 2. The number of halogens is 2. The SMILES string of the molecule is NC(=O)[C@@H](Br)c1ccc(F)cc1. The minimum absolute atomic E-state index is 0.331. The largest absolute Gasteiger partial charge is 0.368 e. The Bertz CT molecular complexity index is 286. The van der Waals surface area contributed by atoms with Crippen LogP contribution < -0.4 is 5.73 Å². The predicted molar refractivity (Wildman–Crippen MR) is 47.3 cm³/mol. The lowest BCUT2D eigenvalue weighted by molar-refractivity contribution is -0.117. The van der Waals surface area contributed by atoms with Crippen LogP contribution >= 0.6 is 15.9 Å². The van der Waals surface area contributed by atoms with Gasteiger partial charge in [0.2, 0.25) is 5.91 Å². The summed E-state index contributed by atoms with van der Waals surface area (Å²) in [5.41, 5.74) is 5.68. The van der Waals surface area contributed by atoms with E-state index in [-0.39, 0.29) is 5.82 Å². The molecule has 0 saturated heterocycles. The number of carbonyl (C=O) groups is 1. The molecule has 0 saturated carbocycles. The molecule has 1 aromatic rings. The van der Waals surface area contributed by atoms with Gasteiger partial charge in [0.15, 0.2) is 0 Å². The first-order valence-electron chi connectivity index (χ1n) is 3.30. The lowest BCUT2D eigenvalue weighted by Gasteiger charge is -2.04. The predicted octanol–water partition coefficient (Wildman–Crippen LogP) is 1.75. The van der Waals surface area contributed by atoms with E-state index in [1.165, 1.54) is 24.3 Å². The third kappa shape index (κ3) is 2.04. The number of hydrogen-bond acceptors (Lipinski definition) is 1. The Kier molecular flexibility index (Phi) is 2.81. The first-order chi connectivity index (χ1) is 5.61. The lowest BCUT2D eigenvalue weighted by atomic mass is 10.1. The minimum Gasteiger partial charge on any atom is -0.368 e. The first kappa shape index (κ1) is 9.19. The fraction of sp³-hybridized carbons (Fsp3) is 0.125. The van der Waals surface area contributed by atoms with Gasteiger partial charge in [-0.15, -0.1) is 0 Å². The van der Waals surface area contributed by atoms with Crippen molar-refractivity contribution in [2.75, 3.05) is 0 Å². The highest BCUT2D eigenvalue weighted by Crippen LogP contribution is 2.21. The first-order valence-corrected chi connectivity index (χ1v) is 4.21. The molecule has 12 heavy (non-hydrogen) atoms. The van der Waals surface area contributed by atoms with Crippen molar-refractivity contribution in [1.82, 2.24) is 0 Å². The second kappa shape index (κ2) is 3.67. The fourth-order valence-electron chi connectivity index (χ4n) is 0.796. The highest BCUT2D eigenvalue weighted by molar-refractivity contribution is 9.09. The van der Waals surface area contributed by atoms with Crippen LogP contribution in [0.1, 0.15) is 10.4 Å². The smallest absolute Gasteiger partial charge is 0.235 e. The van der Waals surface area contributed by atoms with Crippen LogP contribution in [0, 0.1) is 5.82 Å².